The number of hydrogen-bond donors (Lipinski definition) is 6. The Morgan fingerprint density at radius 1 is 0.889 bits per heavy atom. The largest absolute Gasteiger partial charge is 0.432 e. The normalized spacial score (nSPS) is 55.7. The summed E-state index contributed by atoms with van der Waals surface area (Å²) in [5.74, 6) is 0.173. The second-order valence-electron chi connectivity index (χ2n) is 17.4. The van der Waals surface area contributed by atoms with Gasteiger partial charge in [-0.1, -0.05) is 60.1 Å². The quantitative estimate of drug-likeness (QED) is 0.203. The number of fused-ring (bicyclic) bond motifs is 7. The summed E-state index contributed by atoms with van der Waals surface area (Å²) in [6.45, 7) is 15.5. The minimum absolute atomic E-state index is 0.0284. The summed E-state index contributed by atoms with van der Waals surface area (Å²) in [4.78, 5) is 14.5. The van der Waals surface area contributed by atoms with Gasteiger partial charge in [0.05, 0.1) is 18.8 Å². The van der Waals surface area contributed by atoms with Gasteiger partial charge in [-0.25, -0.2) is 0 Å². The Kier molecular flexibility index (Phi) is 8.25. The summed E-state index contributed by atoms with van der Waals surface area (Å²) in [7, 11) is 0. The molecule has 256 valence electrons. The molecule has 45 heavy (non-hydrogen) atoms. The van der Waals surface area contributed by atoms with Crippen molar-refractivity contribution in [2.75, 3.05) is 6.61 Å². The molecule has 0 amide bonds. The van der Waals surface area contributed by atoms with Gasteiger partial charge < -0.3 is 40.1 Å². The van der Waals surface area contributed by atoms with Crippen LogP contribution in [0.25, 0.3) is 0 Å². The van der Waals surface area contributed by atoms with Gasteiger partial charge in [0, 0.05) is 5.92 Å². The van der Waals surface area contributed by atoms with Crippen molar-refractivity contribution < 1.29 is 44.9 Å². The number of esters is 1. The molecule has 6 aliphatic rings. The van der Waals surface area contributed by atoms with E-state index in [1.807, 2.05) is 0 Å². The van der Waals surface area contributed by atoms with E-state index in [-0.39, 0.29) is 45.5 Å². The summed E-state index contributed by atoms with van der Waals surface area (Å²) in [6.07, 6.45) is -0.151. The van der Waals surface area contributed by atoms with E-state index in [1.165, 1.54) is 5.57 Å². The van der Waals surface area contributed by atoms with Crippen LogP contribution in [0.2, 0.25) is 0 Å². The van der Waals surface area contributed by atoms with Crippen molar-refractivity contribution in [1.29, 1.82) is 0 Å². The van der Waals surface area contributed by atoms with Crippen molar-refractivity contribution in [3.05, 3.63) is 11.6 Å². The number of allylic oxidation sites excluding steroid dienone is 2. The topological polar surface area (TPSA) is 157 Å². The van der Waals surface area contributed by atoms with Crippen molar-refractivity contribution in [2.45, 2.75) is 143 Å². The van der Waals surface area contributed by atoms with Crippen LogP contribution in [0.4, 0.5) is 0 Å². The van der Waals surface area contributed by atoms with Crippen molar-refractivity contribution >= 4 is 5.97 Å². The van der Waals surface area contributed by atoms with Gasteiger partial charge in [0.2, 0.25) is 6.29 Å². The van der Waals surface area contributed by atoms with E-state index in [0.29, 0.717) is 31.1 Å². The summed E-state index contributed by atoms with van der Waals surface area (Å²) in [5.41, 5.74) is -0.299. The molecule has 0 aromatic rings. The number of aliphatic hydroxyl groups is 6. The van der Waals surface area contributed by atoms with Crippen LogP contribution in [0.1, 0.15) is 99.8 Å². The Bertz CT molecular complexity index is 1200. The molecule has 0 unspecified atom stereocenters. The molecule has 0 spiro atoms. The summed E-state index contributed by atoms with van der Waals surface area (Å²) in [6, 6.07) is 0. The van der Waals surface area contributed by atoms with Crippen LogP contribution in [0.3, 0.4) is 0 Å². The van der Waals surface area contributed by atoms with Gasteiger partial charge in [0.1, 0.15) is 29.8 Å². The Balaban J connectivity index is 1.39. The SMILES string of the molecule is C[C@H]1[C@H](C)C[C@H](O)[C@]2(C(=O)O[C@@H]3O[C@H](CO)[C@@H](O)[C@H](O)[C@H]3O)CC[C@]3(C)C(=CC[C@@H]4[C@@]5(C)CC[C@H](O)C(C)(C)[C@@H]5CC[C@]43C)[C@H]12. The highest BCUT2D eigenvalue weighted by Crippen LogP contribution is 2.75. The van der Waals surface area contributed by atoms with Gasteiger partial charge in [-0.2, -0.15) is 0 Å². The molecule has 0 aromatic heterocycles. The zero-order valence-electron chi connectivity index (χ0n) is 28.3. The van der Waals surface area contributed by atoms with Crippen molar-refractivity contribution in [2.24, 2.45) is 56.7 Å². The number of rotatable bonds is 3. The summed E-state index contributed by atoms with van der Waals surface area (Å²) >= 11 is 0. The first kappa shape index (κ1) is 33.8. The number of carbonyl (C=O) groups is 1. The standard InChI is InChI=1S/C36H58O9/c1-18-16-25(39)36(31(43)45-30-29(42)28(41)27(40)21(17-37)44-30)15-14-34(6)20(26(36)19(18)2)8-9-23-33(5)12-11-24(38)32(3,4)22(33)10-13-35(23,34)7/h8,18-19,21-30,37-42H,9-17H2,1-7H3/t18-,19+,21-,22+,23-,24+,25+,26+,27-,28+,29-,30+,33+,34-,35-,36-/m1/s1. The Morgan fingerprint density at radius 3 is 2.24 bits per heavy atom. The molecule has 16 atom stereocenters. The second-order valence-corrected chi connectivity index (χ2v) is 17.4. The molecule has 9 heteroatoms. The average molecular weight is 635 g/mol. The van der Waals surface area contributed by atoms with Crippen LogP contribution in [0.15, 0.2) is 11.6 Å². The monoisotopic (exact) mass is 634 g/mol. The molecule has 5 fully saturated rings. The van der Waals surface area contributed by atoms with Gasteiger partial charge in [-0.05, 0) is 96.7 Å². The van der Waals surface area contributed by atoms with Crippen LogP contribution in [-0.4, -0.2) is 86.1 Å². The van der Waals surface area contributed by atoms with Crippen molar-refractivity contribution in [3.63, 3.8) is 0 Å². The lowest BCUT2D eigenvalue weighted by molar-refractivity contribution is -0.300. The van der Waals surface area contributed by atoms with E-state index in [4.69, 9.17) is 9.47 Å². The maximum atomic E-state index is 14.5. The summed E-state index contributed by atoms with van der Waals surface area (Å²) in [5, 5.41) is 63.9. The minimum atomic E-state index is -1.70. The van der Waals surface area contributed by atoms with Crippen LogP contribution in [0, 0.1) is 56.7 Å². The fourth-order valence-corrected chi connectivity index (χ4v) is 12.3. The highest BCUT2D eigenvalue weighted by atomic mass is 16.7. The van der Waals surface area contributed by atoms with Gasteiger partial charge in [-0.15, -0.1) is 0 Å². The van der Waals surface area contributed by atoms with E-state index >= 15 is 0 Å². The van der Waals surface area contributed by atoms with Gasteiger partial charge in [-0.3, -0.25) is 4.79 Å². The number of ether oxygens (including phenoxy) is 2. The maximum Gasteiger partial charge on any atom is 0.317 e. The summed E-state index contributed by atoms with van der Waals surface area (Å²) < 4.78 is 11.5. The number of carbonyl (C=O) groups excluding carboxylic acids is 1. The Morgan fingerprint density at radius 2 is 1.58 bits per heavy atom. The van der Waals surface area contributed by atoms with E-state index in [9.17, 15) is 35.4 Å². The Labute approximate surface area is 268 Å². The lowest BCUT2D eigenvalue weighted by atomic mass is 9.33. The molecular weight excluding hydrogens is 576 g/mol. The lowest BCUT2D eigenvalue weighted by Gasteiger charge is -2.71. The van der Waals surface area contributed by atoms with Gasteiger partial charge in [0.15, 0.2) is 0 Å². The van der Waals surface area contributed by atoms with Crippen LogP contribution < -0.4 is 0 Å². The first-order valence-corrected chi connectivity index (χ1v) is 17.5. The zero-order valence-corrected chi connectivity index (χ0v) is 28.3. The van der Waals surface area contributed by atoms with Gasteiger partial charge >= 0.3 is 5.97 Å². The van der Waals surface area contributed by atoms with E-state index in [2.05, 4.69) is 54.5 Å². The molecule has 0 radical (unpaired) electrons. The van der Waals surface area contributed by atoms with Crippen LogP contribution >= 0.6 is 0 Å². The third-order valence-electron chi connectivity index (χ3n) is 15.5. The first-order valence-electron chi connectivity index (χ1n) is 17.5. The number of aliphatic hydroxyl groups excluding tert-OH is 6. The van der Waals surface area contributed by atoms with E-state index in [1.54, 1.807) is 0 Å². The van der Waals surface area contributed by atoms with E-state index < -0.39 is 54.8 Å². The second kappa shape index (κ2) is 11.0. The van der Waals surface area contributed by atoms with E-state index in [0.717, 1.165) is 32.1 Å². The smallest absolute Gasteiger partial charge is 0.317 e. The first-order chi connectivity index (χ1) is 20.9. The molecular formula is C36H58O9. The number of hydrogen-bond acceptors (Lipinski definition) is 9. The molecule has 9 nitrogen and oxygen atoms in total. The molecule has 1 saturated heterocycles. The fourth-order valence-electron chi connectivity index (χ4n) is 12.3. The molecule has 4 saturated carbocycles. The third kappa shape index (κ3) is 4.39. The maximum absolute atomic E-state index is 14.5. The van der Waals surface area contributed by atoms with Crippen molar-refractivity contribution in [1.82, 2.24) is 0 Å². The predicted molar refractivity (Wildman–Crippen MR) is 166 cm³/mol. The fraction of sp³-hybridized carbons (Fsp3) is 0.917. The van der Waals surface area contributed by atoms with Crippen LogP contribution in [0.5, 0.6) is 0 Å². The lowest BCUT2D eigenvalue weighted by Crippen LogP contribution is -2.67. The molecule has 6 rings (SSSR count). The minimum Gasteiger partial charge on any atom is -0.432 e. The van der Waals surface area contributed by atoms with Crippen LogP contribution in [-0.2, 0) is 14.3 Å². The van der Waals surface area contributed by atoms with Gasteiger partial charge in [0.25, 0.3) is 0 Å². The predicted octanol–water partition coefficient (Wildman–Crippen LogP) is 3.32. The Hall–Kier alpha value is -1.07. The molecule has 1 aliphatic heterocycles. The third-order valence-corrected chi connectivity index (χ3v) is 15.5. The molecule has 0 bridgehead atoms. The molecule has 0 aromatic carbocycles. The van der Waals surface area contributed by atoms with Crippen molar-refractivity contribution in [3.8, 4) is 0 Å². The highest BCUT2D eigenvalue weighted by Gasteiger charge is 2.71. The average Bonchev–Trinajstić information content (AvgIpc) is 2.98. The highest BCUT2D eigenvalue weighted by molar-refractivity contribution is 5.80. The molecule has 5 aliphatic carbocycles. The zero-order chi connectivity index (χ0) is 33.1. The molecule has 1 heterocycles. The molecule has 6 N–H and O–H groups in total.